The highest BCUT2D eigenvalue weighted by Crippen LogP contribution is 2.32. The van der Waals surface area contributed by atoms with Gasteiger partial charge in [0, 0.05) is 17.9 Å². The Morgan fingerprint density at radius 1 is 1.06 bits per heavy atom. The van der Waals surface area contributed by atoms with Gasteiger partial charge in [-0.1, -0.05) is 5.21 Å². The lowest BCUT2D eigenvalue weighted by Gasteiger charge is -2.17. The lowest BCUT2D eigenvalue weighted by Crippen LogP contribution is -2.34. The lowest BCUT2D eigenvalue weighted by molar-refractivity contribution is -0.274. The number of aromatic nitrogens is 3. The fourth-order valence-corrected chi connectivity index (χ4v) is 3.47. The van der Waals surface area contributed by atoms with Crippen molar-refractivity contribution in [3.05, 3.63) is 76.4 Å². The molecule has 0 bridgehead atoms. The molecule has 1 heterocycles. The zero-order valence-electron chi connectivity index (χ0n) is 18.2. The molecule has 0 aliphatic heterocycles. The molecule has 0 aliphatic carbocycles. The van der Waals surface area contributed by atoms with E-state index in [-0.39, 0.29) is 23.0 Å². The molecule has 0 radical (unpaired) electrons. The Morgan fingerprint density at radius 2 is 1.74 bits per heavy atom. The zero-order chi connectivity index (χ0) is 25.8. The quantitative estimate of drug-likeness (QED) is 0.256. The second kappa shape index (κ2) is 10.8. The molecule has 3 aromatic rings. The molecule has 0 saturated heterocycles. The number of nitrogens with zero attached hydrogens (tertiary/aromatic N) is 3. The monoisotopic (exact) mass is 515 g/mol. The van der Waals surface area contributed by atoms with E-state index in [1.54, 1.807) is 25.3 Å². The molecule has 3 rings (SSSR count). The van der Waals surface area contributed by atoms with E-state index in [2.05, 4.69) is 20.5 Å². The molecule has 2 amide bonds. The van der Waals surface area contributed by atoms with Crippen LogP contribution in [0.25, 0.3) is 5.69 Å². The summed E-state index contributed by atoms with van der Waals surface area (Å²) in [6.07, 6.45) is -2.81. The molecule has 0 saturated carbocycles. The molecular weight excluding hydrogens is 497 g/mol. The van der Waals surface area contributed by atoms with E-state index in [1.807, 2.05) is 0 Å². The Hall–Kier alpha value is -3.52. The van der Waals surface area contributed by atoms with Gasteiger partial charge in [-0.05, 0) is 49.6 Å². The van der Waals surface area contributed by atoms with Gasteiger partial charge in [0.05, 0.1) is 16.9 Å². The molecular formula is C21H18F5N5O3S. The zero-order valence-corrected chi connectivity index (χ0v) is 19.1. The van der Waals surface area contributed by atoms with Crippen molar-refractivity contribution in [2.45, 2.75) is 18.8 Å². The van der Waals surface area contributed by atoms with Crippen molar-refractivity contribution in [3.63, 3.8) is 0 Å². The van der Waals surface area contributed by atoms with Crippen LogP contribution in [0.1, 0.15) is 39.0 Å². The fourth-order valence-electron chi connectivity index (χ4n) is 2.93. The van der Waals surface area contributed by atoms with Crippen molar-refractivity contribution in [2.75, 3.05) is 12.8 Å². The smallest absolute Gasteiger partial charge is 0.352 e. The normalized spacial score (nSPS) is 11.4. The summed E-state index contributed by atoms with van der Waals surface area (Å²) in [4.78, 5) is 28.5. The van der Waals surface area contributed by atoms with E-state index in [9.17, 15) is 31.5 Å². The van der Waals surface area contributed by atoms with Crippen LogP contribution < -0.4 is 10.8 Å². The molecule has 0 fully saturated rings. The number of nitrogens with one attached hydrogen (secondary N) is 2. The Balaban J connectivity index is 1.82. The first-order valence-corrected chi connectivity index (χ1v) is 11.3. The standard InChI is InChI=1S/C21H18F5N5O3S/c1-3-27-19(32)11-4-6-12(7-5-11)31-15(10-35-2)18(28-30-31)20(33)29-34-21(25,26)13-8-9-14(22)17(24)16(13)23/h4-9H,3,10H2,1-2H3,(H,27,32)(H,29,33). The van der Waals surface area contributed by atoms with E-state index in [4.69, 9.17) is 0 Å². The van der Waals surface area contributed by atoms with E-state index in [0.717, 1.165) is 0 Å². The highest BCUT2D eigenvalue weighted by Gasteiger charge is 2.40. The Bertz CT molecular complexity index is 1240. The fraction of sp³-hybridized carbons (Fsp3) is 0.238. The first kappa shape index (κ1) is 26.1. The number of rotatable bonds is 9. The van der Waals surface area contributed by atoms with E-state index in [0.29, 0.717) is 29.9 Å². The second-order valence-electron chi connectivity index (χ2n) is 6.91. The summed E-state index contributed by atoms with van der Waals surface area (Å²) in [5.74, 6) is -7.26. The minimum atomic E-state index is -4.53. The van der Waals surface area contributed by atoms with E-state index >= 15 is 0 Å². The van der Waals surface area contributed by atoms with Crippen LogP contribution in [0.4, 0.5) is 22.0 Å². The van der Waals surface area contributed by atoms with Crippen LogP contribution in [0.5, 0.6) is 0 Å². The predicted molar refractivity (Wildman–Crippen MR) is 115 cm³/mol. The molecule has 0 atom stereocenters. The molecule has 14 heteroatoms. The highest BCUT2D eigenvalue weighted by atomic mass is 32.2. The number of alkyl halides is 2. The van der Waals surface area contributed by atoms with Crippen LogP contribution in [-0.4, -0.2) is 39.6 Å². The molecule has 35 heavy (non-hydrogen) atoms. The number of amides is 2. The summed E-state index contributed by atoms with van der Waals surface area (Å²) in [5, 5.41) is 10.2. The lowest BCUT2D eigenvalue weighted by atomic mass is 10.2. The Kier molecular flexibility index (Phi) is 8.07. The average Bonchev–Trinajstić information content (AvgIpc) is 3.25. The van der Waals surface area contributed by atoms with E-state index in [1.165, 1.54) is 34.1 Å². The largest absolute Gasteiger partial charge is 0.405 e. The maximum absolute atomic E-state index is 14.2. The second-order valence-corrected chi connectivity index (χ2v) is 7.77. The van der Waals surface area contributed by atoms with E-state index < -0.39 is 35.0 Å². The van der Waals surface area contributed by atoms with Crippen molar-refractivity contribution in [1.29, 1.82) is 0 Å². The summed E-state index contributed by atoms with van der Waals surface area (Å²) in [6.45, 7) is 2.22. The number of carbonyl (C=O) groups excluding carboxylic acids is 2. The maximum Gasteiger partial charge on any atom is 0.405 e. The number of hydroxylamine groups is 1. The van der Waals surface area contributed by atoms with Gasteiger partial charge in [-0.25, -0.2) is 23.3 Å². The summed E-state index contributed by atoms with van der Waals surface area (Å²) in [6, 6.07) is 6.77. The van der Waals surface area contributed by atoms with Gasteiger partial charge in [0.15, 0.2) is 23.1 Å². The van der Waals surface area contributed by atoms with Gasteiger partial charge in [0.2, 0.25) is 0 Å². The third-order valence-electron chi connectivity index (χ3n) is 4.59. The molecule has 186 valence electrons. The number of thioether (sulfide) groups is 1. The van der Waals surface area contributed by atoms with Gasteiger partial charge in [0.1, 0.15) is 0 Å². The maximum atomic E-state index is 14.2. The third-order valence-corrected chi connectivity index (χ3v) is 5.15. The van der Waals surface area contributed by atoms with Crippen molar-refractivity contribution in [2.24, 2.45) is 0 Å². The number of benzene rings is 2. The van der Waals surface area contributed by atoms with Crippen molar-refractivity contribution in [1.82, 2.24) is 25.8 Å². The molecule has 0 spiro atoms. The van der Waals surface area contributed by atoms with Crippen LogP contribution >= 0.6 is 11.8 Å². The van der Waals surface area contributed by atoms with Gasteiger partial charge >= 0.3 is 6.11 Å². The van der Waals surface area contributed by atoms with Gasteiger partial charge in [-0.15, -0.1) is 5.10 Å². The molecule has 0 aliphatic rings. The van der Waals surface area contributed by atoms with Crippen molar-refractivity contribution < 1.29 is 36.4 Å². The van der Waals surface area contributed by atoms with Gasteiger partial charge in [-0.2, -0.15) is 25.4 Å². The topological polar surface area (TPSA) is 98.1 Å². The van der Waals surface area contributed by atoms with Crippen molar-refractivity contribution >= 4 is 23.6 Å². The van der Waals surface area contributed by atoms with Crippen molar-refractivity contribution in [3.8, 4) is 5.69 Å². The minimum absolute atomic E-state index is 0.183. The van der Waals surface area contributed by atoms with Crippen LogP contribution in [0.15, 0.2) is 36.4 Å². The SMILES string of the molecule is CCNC(=O)c1ccc(-n2nnc(C(=O)NOC(F)(F)c3ccc(F)c(F)c3F)c2CSC)cc1. The van der Waals surface area contributed by atoms with Gasteiger partial charge in [0.25, 0.3) is 11.8 Å². The van der Waals surface area contributed by atoms with Crippen LogP contribution in [0.3, 0.4) is 0 Å². The third kappa shape index (κ3) is 5.59. The molecule has 2 N–H and O–H groups in total. The molecule has 0 unspecified atom stereocenters. The van der Waals surface area contributed by atoms with Crippen LogP contribution in [0.2, 0.25) is 0 Å². The number of hydrogen-bond donors (Lipinski definition) is 2. The Labute approximate surface area is 199 Å². The van der Waals surface area contributed by atoms with Gasteiger partial charge in [-0.3, -0.25) is 9.59 Å². The summed E-state index contributed by atoms with van der Waals surface area (Å²) in [5.41, 5.74) is 0.508. The first-order chi connectivity index (χ1) is 16.6. The summed E-state index contributed by atoms with van der Waals surface area (Å²) in [7, 11) is 0. The predicted octanol–water partition coefficient (Wildman–Crippen LogP) is 3.71. The average molecular weight is 515 g/mol. The first-order valence-electron chi connectivity index (χ1n) is 9.93. The minimum Gasteiger partial charge on any atom is -0.352 e. The van der Waals surface area contributed by atoms with Crippen LogP contribution in [0, 0.1) is 17.5 Å². The van der Waals surface area contributed by atoms with Gasteiger partial charge < -0.3 is 5.32 Å². The number of hydrogen-bond acceptors (Lipinski definition) is 6. The molecule has 1 aromatic heterocycles. The van der Waals surface area contributed by atoms with Crippen LogP contribution in [-0.2, 0) is 16.7 Å². The molecule has 8 nitrogen and oxygen atoms in total. The number of halogens is 5. The Morgan fingerprint density at radius 3 is 2.37 bits per heavy atom. The number of carbonyl (C=O) groups is 2. The summed E-state index contributed by atoms with van der Waals surface area (Å²) >= 11 is 1.28. The highest BCUT2D eigenvalue weighted by molar-refractivity contribution is 7.97. The summed E-state index contributed by atoms with van der Waals surface area (Å²) < 4.78 is 69.8. The molecule has 2 aromatic carbocycles.